The maximum absolute atomic E-state index is 12.9. The van der Waals surface area contributed by atoms with E-state index in [0.717, 1.165) is 37.0 Å². The van der Waals surface area contributed by atoms with Gasteiger partial charge in [0.25, 0.3) is 11.8 Å². The van der Waals surface area contributed by atoms with Crippen molar-refractivity contribution in [3.63, 3.8) is 0 Å². The van der Waals surface area contributed by atoms with Crippen LogP contribution in [0, 0.1) is 5.92 Å². The van der Waals surface area contributed by atoms with E-state index in [1.165, 1.54) is 6.07 Å². The van der Waals surface area contributed by atoms with Crippen LogP contribution in [-0.2, 0) is 9.59 Å². The lowest BCUT2D eigenvalue weighted by Crippen LogP contribution is -2.46. The number of amides is 5. The minimum atomic E-state index is -0.942. The Balaban J connectivity index is 1.48. The van der Waals surface area contributed by atoms with Crippen LogP contribution in [0.25, 0.3) is 0 Å². The first-order chi connectivity index (χ1) is 14.3. The Kier molecular flexibility index (Phi) is 5.44. The predicted octanol–water partition coefficient (Wildman–Crippen LogP) is 2.63. The summed E-state index contributed by atoms with van der Waals surface area (Å²) in [6.45, 7) is 2.64. The van der Waals surface area contributed by atoms with Gasteiger partial charge in [0.15, 0.2) is 0 Å². The molecule has 1 aromatic rings. The second-order valence-corrected chi connectivity index (χ2v) is 8.83. The van der Waals surface area contributed by atoms with Gasteiger partial charge in [-0.15, -0.1) is 0 Å². The first-order valence-corrected chi connectivity index (χ1v) is 10.7. The minimum Gasteiger partial charge on any atom is -0.339 e. The summed E-state index contributed by atoms with van der Waals surface area (Å²) in [4.78, 5) is 53.3. The van der Waals surface area contributed by atoms with Gasteiger partial charge in [-0.05, 0) is 63.1 Å². The monoisotopic (exact) mass is 432 g/mol. The van der Waals surface area contributed by atoms with Gasteiger partial charge in [-0.2, -0.15) is 0 Å². The topological polar surface area (TPSA) is 98.8 Å². The number of urea groups is 1. The Morgan fingerprint density at radius 3 is 2.57 bits per heavy atom. The van der Waals surface area contributed by atoms with Crippen molar-refractivity contribution in [1.82, 2.24) is 15.1 Å². The van der Waals surface area contributed by atoms with Crippen LogP contribution in [0.5, 0.6) is 0 Å². The lowest BCUT2D eigenvalue weighted by Gasteiger charge is -2.27. The summed E-state index contributed by atoms with van der Waals surface area (Å²) < 4.78 is 0. The molecule has 9 heteroatoms. The Labute approximate surface area is 179 Å². The summed E-state index contributed by atoms with van der Waals surface area (Å²) >= 11 is 6.08. The van der Waals surface area contributed by atoms with Gasteiger partial charge in [-0.3, -0.25) is 19.3 Å². The lowest BCUT2D eigenvalue weighted by atomic mass is 9.96. The molecule has 1 unspecified atom stereocenters. The summed E-state index contributed by atoms with van der Waals surface area (Å²) in [5.41, 5.74) is -0.322. The number of halogens is 1. The molecule has 1 saturated carbocycles. The molecular formula is C21H25ClN4O4. The van der Waals surface area contributed by atoms with Gasteiger partial charge >= 0.3 is 6.03 Å². The summed E-state index contributed by atoms with van der Waals surface area (Å²) in [6.07, 6.45) is 4.76. The van der Waals surface area contributed by atoms with E-state index >= 15 is 0 Å². The van der Waals surface area contributed by atoms with Crippen molar-refractivity contribution in [2.24, 2.45) is 5.92 Å². The average Bonchev–Trinajstić information content (AvgIpc) is 3.54. The highest BCUT2D eigenvalue weighted by molar-refractivity contribution is 6.31. The fourth-order valence-corrected chi connectivity index (χ4v) is 4.38. The van der Waals surface area contributed by atoms with Crippen LogP contribution in [-0.4, -0.2) is 58.7 Å². The van der Waals surface area contributed by atoms with Gasteiger partial charge < -0.3 is 15.5 Å². The molecule has 160 valence electrons. The number of carbonyl (C=O) groups excluding carboxylic acids is 4. The third-order valence-electron chi connectivity index (χ3n) is 6.13. The number of anilines is 1. The molecule has 3 aliphatic rings. The van der Waals surface area contributed by atoms with E-state index in [9.17, 15) is 19.2 Å². The molecule has 2 heterocycles. The third-order valence-corrected chi connectivity index (χ3v) is 6.36. The van der Waals surface area contributed by atoms with Crippen molar-refractivity contribution in [3.8, 4) is 0 Å². The third kappa shape index (κ3) is 3.88. The second-order valence-electron chi connectivity index (χ2n) is 8.39. The van der Waals surface area contributed by atoms with Gasteiger partial charge in [0.05, 0.1) is 11.3 Å². The number of nitrogens with one attached hydrogen (secondary N) is 2. The Hall–Kier alpha value is -2.61. The van der Waals surface area contributed by atoms with Crippen molar-refractivity contribution >= 4 is 41.0 Å². The molecule has 2 N–H and O–H groups in total. The van der Waals surface area contributed by atoms with Crippen LogP contribution in [0.2, 0.25) is 5.02 Å². The molecular weight excluding hydrogens is 408 g/mol. The van der Waals surface area contributed by atoms with E-state index in [-0.39, 0.29) is 23.4 Å². The van der Waals surface area contributed by atoms with E-state index < -0.39 is 24.0 Å². The van der Waals surface area contributed by atoms with Crippen molar-refractivity contribution in [3.05, 3.63) is 28.8 Å². The lowest BCUT2D eigenvalue weighted by molar-refractivity contribution is -0.134. The smallest absolute Gasteiger partial charge is 0.325 e. The molecule has 0 aromatic heterocycles. The largest absolute Gasteiger partial charge is 0.339 e. The molecule has 8 nitrogen and oxygen atoms in total. The number of rotatable bonds is 5. The predicted molar refractivity (Wildman–Crippen MR) is 111 cm³/mol. The van der Waals surface area contributed by atoms with Gasteiger partial charge in [-0.1, -0.05) is 11.6 Å². The second kappa shape index (κ2) is 7.91. The average molecular weight is 433 g/mol. The normalized spacial score (nSPS) is 24.1. The van der Waals surface area contributed by atoms with Gasteiger partial charge in [-0.25, -0.2) is 4.79 Å². The van der Waals surface area contributed by atoms with Crippen LogP contribution < -0.4 is 10.6 Å². The van der Waals surface area contributed by atoms with E-state index in [1.54, 1.807) is 24.0 Å². The molecule has 1 aromatic carbocycles. The highest BCUT2D eigenvalue weighted by Gasteiger charge is 2.56. The quantitative estimate of drug-likeness (QED) is 0.698. The molecule has 5 amide bonds. The highest BCUT2D eigenvalue weighted by Crippen LogP contribution is 2.42. The number of hydrogen-bond acceptors (Lipinski definition) is 4. The Bertz CT molecular complexity index is 910. The van der Waals surface area contributed by atoms with Crippen LogP contribution in [0.4, 0.5) is 10.5 Å². The first-order valence-electron chi connectivity index (χ1n) is 10.3. The molecule has 1 atom stereocenters. The molecule has 3 fully saturated rings. The standard InChI is InChI=1S/C21H25ClN4O4/c1-21(13-5-6-13)19(29)26(20(30)24-21)12-17(27)23-16-11-14(22)7-8-15(16)18(28)25-9-3-2-4-10-25/h7-8,11,13H,2-6,9-10,12H2,1H3,(H,23,27)(H,24,30). The zero-order valence-electron chi connectivity index (χ0n) is 16.9. The SMILES string of the molecule is CC1(C2CC2)NC(=O)N(CC(=O)Nc2cc(Cl)ccc2C(=O)N2CCCCC2)C1=O. The fraction of sp³-hybridized carbons (Fsp3) is 0.524. The molecule has 2 aliphatic heterocycles. The maximum Gasteiger partial charge on any atom is 0.325 e. The summed E-state index contributed by atoms with van der Waals surface area (Å²) in [5, 5.41) is 5.76. The van der Waals surface area contributed by atoms with E-state index in [4.69, 9.17) is 11.6 Å². The molecule has 1 aliphatic carbocycles. The molecule has 0 radical (unpaired) electrons. The van der Waals surface area contributed by atoms with Gasteiger partial charge in [0.2, 0.25) is 5.91 Å². The maximum atomic E-state index is 12.9. The van der Waals surface area contributed by atoms with E-state index in [1.807, 2.05) is 0 Å². The number of carbonyl (C=O) groups is 4. The summed E-state index contributed by atoms with van der Waals surface area (Å²) in [6, 6.07) is 4.14. The van der Waals surface area contributed by atoms with Gasteiger partial charge in [0.1, 0.15) is 12.1 Å². The van der Waals surface area contributed by atoms with E-state index in [0.29, 0.717) is 23.7 Å². The number of hydrogen-bond donors (Lipinski definition) is 2. The van der Waals surface area contributed by atoms with Crippen molar-refractivity contribution < 1.29 is 19.2 Å². The number of imide groups is 1. The van der Waals surface area contributed by atoms with Crippen molar-refractivity contribution in [2.45, 2.75) is 44.6 Å². The zero-order valence-corrected chi connectivity index (χ0v) is 17.6. The molecule has 30 heavy (non-hydrogen) atoms. The molecule has 2 saturated heterocycles. The van der Waals surface area contributed by atoms with Crippen LogP contribution in [0.1, 0.15) is 49.4 Å². The number of likely N-dealkylation sites (tertiary alicyclic amines) is 1. The molecule has 4 rings (SSSR count). The summed E-state index contributed by atoms with van der Waals surface area (Å²) in [7, 11) is 0. The van der Waals surface area contributed by atoms with E-state index in [2.05, 4.69) is 10.6 Å². The Morgan fingerprint density at radius 1 is 1.20 bits per heavy atom. The number of nitrogens with zero attached hydrogens (tertiary/aromatic N) is 2. The van der Waals surface area contributed by atoms with Crippen LogP contribution in [0.3, 0.4) is 0 Å². The zero-order chi connectivity index (χ0) is 21.5. The van der Waals surface area contributed by atoms with Crippen LogP contribution in [0.15, 0.2) is 18.2 Å². The summed E-state index contributed by atoms with van der Waals surface area (Å²) in [5.74, 6) is -1.00. The van der Waals surface area contributed by atoms with Crippen molar-refractivity contribution in [1.29, 1.82) is 0 Å². The highest BCUT2D eigenvalue weighted by atomic mass is 35.5. The van der Waals surface area contributed by atoms with Crippen molar-refractivity contribution in [2.75, 3.05) is 25.0 Å². The first kappa shape index (κ1) is 20.7. The van der Waals surface area contributed by atoms with Crippen LogP contribution >= 0.6 is 11.6 Å². The molecule has 0 spiro atoms. The van der Waals surface area contributed by atoms with Gasteiger partial charge in [0, 0.05) is 18.1 Å². The number of benzene rings is 1. The molecule has 0 bridgehead atoms. The Morgan fingerprint density at radius 2 is 1.90 bits per heavy atom. The fourth-order valence-electron chi connectivity index (χ4n) is 4.20. The number of piperidine rings is 1. The minimum absolute atomic E-state index is 0.115.